The third kappa shape index (κ3) is 4.34. The van der Waals surface area contributed by atoms with Crippen molar-refractivity contribution in [1.82, 2.24) is 19.7 Å². The molecule has 160 valence electrons. The molecule has 0 saturated heterocycles. The summed E-state index contributed by atoms with van der Waals surface area (Å²) in [5.74, 6) is 1.31. The number of ether oxygens (including phenoxy) is 1. The quantitative estimate of drug-likeness (QED) is 0.483. The third-order valence-electron chi connectivity index (χ3n) is 5.00. The van der Waals surface area contributed by atoms with E-state index in [4.69, 9.17) is 10.5 Å². The number of aromatic nitrogens is 4. The van der Waals surface area contributed by atoms with Gasteiger partial charge in [0, 0.05) is 36.0 Å². The molecule has 0 spiro atoms. The van der Waals surface area contributed by atoms with Gasteiger partial charge in [-0.2, -0.15) is 15.3 Å². The van der Waals surface area contributed by atoms with Crippen molar-refractivity contribution >= 4 is 0 Å². The highest BCUT2D eigenvalue weighted by Gasteiger charge is 2.15. The Morgan fingerprint density at radius 3 is 2.72 bits per heavy atom. The molecular weight excluding hydrogens is 404 g/mol. The molecule has 2 aromatic heterocycles. The molecule has 0 unspecified atom stereocenters. The highest BCUT2D eigenvalue weighted by molar-refractivity contribution is 5.64. The first-order valence-electron chi connectivity index (χ1n) is 10.0. The maximum absolute atomic E-state index is 10.00. The number of nitriles is 1. The van der Waals surface area contributed by atoms with Gasteiger partial charge in [0.2, 0.25) is 5.88 Å². The normalized spacial score (nSPS) is 11.7. The fourth-order valence-electron chi connectivity index (χ4n) is 3.33. The van der Waals surface area contributed by atoms with Gasteiger partial charge in [0.05, 0.1) is 29.6 Å². The minimum atomic E-state index is -0.812. The zero-order valence-corrected chi connectivity index (χ0v) is 17.7. The van der Waals surface area contributed by atoms with Crippen molar-refractivity contribution in [3.63, 3.8) is 0 Å². The number of nitrogens with two attached hydrogens (primary N) is 1. The van der Waals surface area contributed by atoms with Crippen LogP contribution in [0.2, 0.25) is 0 Å². The van der Waals surface area contributed by atoms with Crippen LogP contribution in [-0.2, 0) is 0 Å². The van der Waals surface area contributed by atoms with Gasteiger partial charge in [-0.15, -0.1) is 0 Å². The summed E-state index contributed by atoms with van der Waals surface area (Å²) < 4.78 is 7.71. The van der Waals surface area contributed by atoms with Gasteiger partial charge in [-0.25, -0.2) is 9.67 Å². The molecule has 32 heavy (non-hydrogen) atoms. The second-order valence-corrected chi connectivity index (χ2v) is 7.32. The number of aliphatic hydroxyl groups is 1. The first kappa shape index (κ1) is 21.2. The van der Waals surface area contributed by atoms with Crippen molar-refractivity contribution in [2.24, 2.45) is 5.73 Å². The van der Waals surface area contributed by atoms with Crippen LogP contribution in [0.4, 0.5) is 0 Å². The minimum absolute atomic E-state index is 0.0876. The largest absolute Gasteiger partial charge is 0.437 e. The van der Waals surface area contributed by atoms with Crippen LogP contribution in [0, 0.1) is 25.2 Å². The molecule has 2 aromatic carbocycles. The zero-order chi connectivity index (χ0) is 22.7. The van der Waals surface area contributed by atoms with Crippen LogP contribution in [0.25, 0.3) is 16.9 Å². The Morgan fingerprint density at radius 1 is 1.16 bits per heavy atom. The van der Waals surface area contributed by atoms with E-state index < -0.39 is 6.10 Å². The standard InChI is InChI=1S/C24H22N6O2/c1-15-5-3-4-6-19(15)20-10-24(29-16(2)28-20)32-23-9-17(11-25)7-8-21(23)30-14-18(13-27-30)22(31)12-26/h3-10,13-14,22,31H,12,26H2,1-2H3/t22-/m0/s1. The van der Waals surface area contributed by atoms with Gasteiger partial charge in [0.15, 0.2) is 5.75 Å². The van der Waals surface area contributed by atoms with Gasteiger partial charge >= 0.3 is 0 Å². The smallest absolute Gasteiger partial charge is 0.223 e. The van der Waals surface area contributed by atoms with Crippen molar-refractivity contribution in [2.75, 3.05) is 6.54 Å². The molecule has 0 saturated carbocycles. The molecule has 3 N–H and O–H groups in total. The van der Waals surface area contributed by atoms with Crippen molar-refractivity contribution in [3.05, 3.63) is 83.4 Å². The van der Waals surface area contributed by atoms with Crippen LogP contribution in [0.15, 0.2) is 60.9 Å². The Hall–Kier alpha value is -4.06. The summed E-state index contributed by atoms with van der Waals surface area (Å²) in [6.45, 7) is 3.91. The zero-order valence-electron chi connectivity index (χ0n) is 17.7. The lowest BCUT2D eigenvalue weighted by molar-refractivity contribution is 0.186. The summed E-state index contributed by atoms with van der Waals surface area (Å²) in [6, 6.07) is 16.9. The highest BCUT2D eigenvalue weighted by Crippen LogP contribution is 2.31. The Balaban J connectivity index is 1.75. The first-order chi connectivity index (χ1) is 15.5. The van der Waals surface area contributed by atoms with Crippen LogP contribution < -0.4 is 10.5 Å². The molecular formula is C24H22N6O2. The van der Waals surface area contributed by atoms with E-state index in [1.165, 1.54) is 0 Å². The Morgan fingerprint density at radius 2 is 1.97 bits per heavy atom. The second-order valence-electron chi connectivity index (χ2n) is 7.32. The monoisotopic (exact) mass is 426 g/mol. The predicted molar refractivity (Wildman–Crippen MR) is 119 cm³/mol. The van der Waals surface area contributed by atoms with E-state index in [2.05, 4.69) is 21.1 Å². The molecule has 0 aliphatic heterocycles. The molecule has 0 aliphatic rings. The predicted octanol–water partition coefficient (Wildman–Crippen LogP) is 3.60. The molecule has 4 rings (SSSR count). The number of rotatable bonds is 6. The third-order valence-corrected chi connectivity index (χ3v) is 5.00. The molecule has 0 bridgehead atoms. The molecule has 0 fully saturated rings. The number of hydrogen-bond acceptors (Lipinski definition) is 7. The van der Waals surface area contributed by atoms with E-state index >= 15 is 0 Å². The van der Waals surface area contributed by atoms with E-state index in [-0.39, 0.29) is 6.54 Å². The van der Waals surface area contributed by atoms with Gasteiger partial charge in [-0.3, -0.25) is 0 Å². The Kier molecular flexibility index (Phi) is 5.94. The fraction of sp³-hybridized carbons (Fsp3) is 0.167. The average molecular weight is 426 g/mol. The maximum Gasteiger partial charge on any atom is 0.223 e. The molecule has 0 aliphatic carbocycles. The lowest BCUT2D eigenvalue weighted by atomic mass is 10.1. The second kappa shape index (κ2) is 8.98. The maximum atomic E-state index is 10.00. The summed E-state index contributed by atoms with van der Waals surface area (Å²) in [5.41, 5.74) is 9.98. The van der Waals surface area contributed by atoms with Crippen molar-refractivity contribution in [1.29, 1.82) is 5.26 Å². The van der Waals surface area contributed by atoms with Gasteiger partial charge in [0.25, 0.3) is 0 Å². The molecule has 1 atom stereocenters. The summed E-state index contributed by atoms with van der Waals surface area (Å²) in [7, 11) is 0. The number of nitrogens with zero attached hydrogens (tertiary/aromatic N) is 5. The summed E-state index contributed by atoms with van der Waals surface area (Å²) in [5, 5.41) is 23.7. The molecule has 0 radical (unpaired) electrons. The molecule has 8 nitrogen and oxygen atoms in total. The van der Waals surface area contributed by atoms with Gasteiger partial charge in [0.1, 0.15) is 11.5 Å². The number of hydrogen-bond donors (Lipinski definition) is 2. The lowest BCUT2D eigenvalue weighted by Crippen LogP contribution is -2.10. The van der Waals surface area contributed by atoms with E-state index in [1.807, 2.05) is 31.2 Å². The topological polar surface area (TPSA) is 123 Å². The van der Waals surface area contributed by atoms with Crippen molar-refractivity contribution in [2.45, 2.75) is 20.0 Å². The van der Waals surface area contributed by atoms with E-state index in [0.29, 0.717) is 34.3 Å². The lowest BCUT2D eigenvalue weighted by Gasteiger charge is -2.13. The number of aliphatic hydroxyl groups excluding tert-OH is 1. The number of benzene rings is 2. The van der Waals surface area contributed by atoms with Crippen LogP contribution in [0.3, 0.4) is 0 Å². The molecule has 2 heterocycles. The van der Waals surface area contributed by atoms with Gasteiger partial charge in [-0.05, 0) is 31.5 Å². The first-order valence-corrected chi connectivity index (χ1v) is 10.0. The van der Waals surface area contributed by atoms with Crippen LogP contribution >= 0.6 is 0 Å². The van der Waals surface area contributed by atoms with Crippen LogP contribution in [-0.4, -0.2) is 31.4 Å². The highest BCUT2D eigenvalue weighted by atomic mass is 16.5. The molecule has 8 heteroatoms. The van der Waals surface area contributed by atoms with E-state index in [0.717, 1.165) is 16.8 Å². The van der Waals surface area contributed by atoms with E-state index in [9.17, 15) is 10.4 Å². The van der Waals surface area contributed by atoms with Crippen molar-refractivity contribution < 1.29 is 9.84 Å². The van der Waals surface area contributed by atoms with Crippen LogP contribution in [0.5, 0.6) is 11.6 Å². The van der Waals surface area contributed by atoms with Crippen LogP contribution in [0.1, 0.15) is 28.6 Å². The number of aryl methyl sites for hydroxylation is 2. The fourth-order valence-corrected chi connectivity index (χ4v) is 3.33. The Bertz CT molecular complexity index is 1310. The van der Waals surface area contributed by atoms with Gasteiger partial charge < -0.3 is 15.6 Å². The Labute approximate surface area is 185 Å². The molecule has 4 aromatic rings. The SMILES string of the molecule is Cc1nc(Oc2cc(C#N)ccc2-n2cc([C@@H](O)CN)cn2)cc(-c2ccccc2C)n1. The summed E-state index contributed by atoms with van der Waals surface area (Å²) >= 11 is 0. The minimum Gasteiger partial charge on any atom is -0.437 e. The van der Waals surface area contributed by atoms with Crippen molar-refractivity contribution in [3.8, 4) is 34.6 Å². The summed E-state index contributed by atoms with van der Waals surface area (Å²) in [4.78, 5) is 8.97. The van der Waals surface area contributed by atoms with E-state index in [1.54, 1.807) is 48.3 Å². The summed E-state index contributed by atoms with van der Waals surface area (Å²) in [6.07, 6.45) is 2.41. The average Bonchev–Trinajstić information content (AvgIpc) is 3.28. The van der Waals surface area contributed by atoms with Gasteiger partial charge in [-0.1, -0.05) is 24.3 Å². The molecule has 0 amide bonds.